The highest BCUT2D eigenvalue weighted by atomic mass is 19.4. The van der Waals surface area contributed by atoms with Crippen LogP contribution in [0.15, 0.2) is 30.5 Å². The summed E-state index contributed by atoms with van der Waals surface area (Å²) in [7, 11) is 0. The van der Waals surface area contributed by atoms with Crippen molar-refractivity contribution in [1.29, 1.82) is 0 Å². The Kier molecular flexibility index (Phi) is 2.79. The molecule has 0 radical (unpaired) electrons. The van der Waals surface area contributed by atoms with Crippen molar-refractivity contribution in [2.45, 2.75) is 6.18 Å². The van der Waals surface area contributed by atoms with Gasteiger partial charge in [0.05, 0.1) is 11.2 Å². The summed E-state index contributed by atoms with van der Waals surface area (Å²) in [5.41, 5.74) is 6.98. The van der Waals surface area contributed by atoms with Crippen molar-refractivity contribution < 1.29 is 13.2 Å². The van der Waals surface area contributed by atoms with Crippen LogP contribution in [0.5, 0.6) is 0 Å². The summed E-state index contributed by atoms with van der Waals surface area (Å²) in [6.45, 7) is -1.09. The minimum atomic E-state index is -4.26. The Bertz CT molecular complexity index is 537. The van der Waals surface area contributed by atoms with E-state index in [2.05, 4.69) is 10.3 Å². The normalized spacial score (nSPS) is 11.7. The Morgan fingerprint density at radius 2 is 2.00 bits per heavy atom. The number of halogens is 3. The van der Waals surface area contributed by atoms with Gasteiger partial charge in [-0.15, -0.1) is 0 Å². The molecule has 0 saturated heterocycles. The number of nitrogen functional groups attached to an aromatic ring is 1. The van der Waals surface area contributed by atoms with Crippen molar-refractivity contribution in [2.24, 2.45) is 0 Å². The van der Waals surface area contributed by atoms with Crippen LogP contribution in [0, 0.1) is 0 Å². The lowest BCUT2D eigenvalue weighted by molar-refractivity contribution is -0.115. The van der Waals surface area contributed by atoms with Gasteiger partial charge in [-0.05, 0) is 24.3 Å². The monoisotopic (exact) mass is 241 g/mol. The topological polar surface area (TPSA) is 50.9 Å². The number of alkyl halides is 3. The number of nitrogens with one attached hydrogen (secondary N) is 1. The Hall–Kier alpha value is -1.98. The van der Waals surface area contributed by atoms with Gasteiger partial charge in [0.1, 0.15) is 6.54 Å². The Morgan fingerprint density at radius 1 is 1.24 bits per heavy atom. The molecule has 17 heavy (non-hydrogen) atoms. The number of hydrogen-bond acceptors (Lipinski definition) is 3. The molecule has 0 aliphatic carbocycles. The molecule has 0 amide bonds. The third kappa shape index (κ3) is 2.58. The van der Waals surface area contributed by atoms with Crippen LogP contribution < -0.4 is 11.1 Å². The molecule has 0 spiro atoms. The average molecular weight is 241 g/mol. The summed E-state index contributed by atoms with van der Waals surface area (Å²) in [6.07, 6.45) is -2.75. The maximum atomic E-state index is 12.1. The minimum absolute atomic E-state index is 0.326. The summed E-state index contributed by atoms with van der Waals surface area (Å²) in [5.74, 6) is 0. The van der Waals surface area contributed by atoms with E-state index in [1.54, 1.807) is 18.2 Å². The smallest absolute Gasteiger partial charge is 0.398 e. The molecule has 6 heteroatoms. The van der Waals surface area contributed by atoms with Crippen molar-refractivity contribution in [3.63, 3.8) is 0 Å². The molecule has 0 aliphatic rings. The standard InChI is InChI=1S/C11H10F3N3/c12-11(13,14)6-17-9-4-3-8(15)7-2-1-5-16-10(7)9/h1-5,17H,6,15H2. The molecule has 3 N–H and O–H groups in total. The van der Waals surface area contributed by atoms with E-state index in [0.29, 0.717) is 22.3 Å². The van der Waals surface area contributed by atoms with Crippen molar-refractivity contribution >= 4 is 22.3 Å². The maximum absolute atomic E-state index is 12.1. The van der Waals surface area contributed by atoms with Gasteiger partial charge in [0.15, 0.2) is 0 Å². The van der Waals surface area contributed by atoms with Crippen LogP contribution in [-0.2, 0) is 0 Å². The summed E-state index contributed by atoms with van der Waals surface area (Å²) < 4.78 is 36.3. The predicted molar refractivity (Wildman–Crippen MR) is 60.7 cm³/mol. The molecule has 0 unspecified atom stereocenters. The number of aromatic nitrogens is 1. The molecule has 1 aromatic carbocycles. The first kappa shape index (κ1) is 11.5. The van der Waals surface area contributed by atoms with Gasteiger partial charge in [-0.2, -0.15) is 13.2 Å². The van der Waals surface area contributed by atoms with Gasteiger partial charge in [0.2, 0.25) is 0 Å². The molecule has 1 heterocycles. The van der Waals surface area contributed by atoms with Gasteiger partial charge in [-0.1, -0.05) is 0 Å². The Balaban J connectivity index is 2.38. The molecule has 0 saturated carbocycles. The minimum Gasteiger partial charge on any atom is -0.398 e. The van der Waals surface area contributed by atoms with Crippen LogP contribution in [0.4, 0.5) is 24.5 Å². The SMILES string of the molecule is Nc1ccc(NCC(F)(F)F)c2ncccc12. The first-order chi connectivity index (χ1) is 7.97. The van der Waals surface area contributed by atoms with Gasteiger partial charge in [0, 0.05) is 17.3 Å². The number of fused-ring (bicyclic) bond motifs is 1. The number of pyridine rings is 1. The van der Waals surface area contributed by atoms with Gasteiger partial charge in [-0.3, -0.25) is 4.98 Å². The van der Waals surface area contributed by atoms with E-state index in [-0.39, 0.29) is 0 Å². The van der Waals surface area contributed by atoms with Gasteiger partial charge < -0.3 is 11.1 Å². The van der Waals surface area contributed by atoms with Gasteiger partial charge in [0.25, 0.3) is 0 Å². The summed E-state index contributed by atoms with van der Waals surface area (Å²) >= 11 is 0. The summed E-state index contributed by atoms with van der Waals surface area (Å²) in [5, 5.41) is 2.95. The Morgan fingerprint density at radius 3 is 2.71 bits per heavy atom. The van der Waals surface area contributed by atoms with Crippen LogP contribution in [0.1, 0.15) is 0 Å². The van der Waals surface area contributed by atoms with Gasteiger partial charge in [-0.25, -0.2) is 0 Å². The zero-order valence-corrected chi connectivity index (χ0v) is 8.75. The molecule has 3 nitrogen and oxygen atoms in total. The highest BCUT2D eigenvalue weighted by molar-refractivity contribution is 5.98. The van der Waals surface area contributed by atoms with E-state index in [4.69, 9.17) is 5.73 Å². The molecule has 0 fully saturated rings. The lowest BCUT2D eigenvalue weighted by atomic mass is 10.1. The fraction of sp³-hybridized carbons (Fsp3) is 0.182. The fourth-order valence-corrected chi connectivity index (χ4v) is 1.53. The molecule has 2 rings (SSSR count). The molecular formula is C11H10F3N3. The highest BCUT2D eigenvalue weighted by Crippen LogP contribution is 2.27. The molecule has 2 aromatic rings. The quantitative estimate of drug-likeness (QED) is 0.795. The Labute approximate surface area is 95.4 Å². The second kappa shape index (κ2) is 4.12. The lowest BCUT2D eigenvalue weighted by Gasteiger charge is -2.12. The van der Waals surface area contributed by atoms with E-state index in [0.717, 1.165) is 0 Å². The molecular weight excluding hydrogens is 231 g/mol. The first-order valence-corrected chi connectivity index (χ1v) is 4.91. The zero-order chi connectivity index (χ0) is 12.5. The zero-order valence-electron chi connectivity index (χ0n) is 8.75. The van der Waals surface area contributed by atoms with Crippen molar-refractivity contribution in [2.75, 3.05) is 17.6 Å². The average Bonchev–Trinajstić information content (AvgIpc) is 2.27. The van der Waals surface area contributed by atoms with Crippen LogP contribution in [0.2, 0.25) is 0 Å². The van der Waals surface area contributed by atoms with Crippen LogP contribution in [0.25, 0.3) is 10.9 Å². The number of rotatable bonds is 2. The fourth-order valence-electron chi connectivity index (χ4n) is 1.53. The van der Waals surface area contributed by atoms with Crippen LogP contribution >= 0.6 is 0 Å². The number of benzene rings is 1. The molecule has 0 bridgehead atoms. The molecule has 1 aromatic heterocycles. The second-order valence-electron chi connectivity index (χ2n) is 3.57. The lowest BCUT2D eigenvalue weighted by Crippen LogP contribution is -2.21. The summed E-state index contributed by atoms with van der Waals surface area (Å²) in [4.78, 5) is 4.03. The van der Waals surface area contributed by atoms with E-state index < -0.39 is 12.7 Å². The van der Waals surface area contributed by atoms with E-state index in [1.807, 2.05) is 0 Å². The van der Waals surface area contributed by atoms with E-state index in [1.165, 1.54) is 12.3 Å². The first-order valence-electron chi connectivity index (χ1n) is 4.91. The third-order valence-electron chi connectivity index (χ3n) is 2.28. The van der Waals surface area contributed by atoms with E-state index >= 15 is 0 Å². The molecule has 90 valence electrons. The van der Waals surface area contributed by atoms with Crippen molar-refractivity contribution in [3.05, 3.63) is 30.5 Å². The predicted octanol–water partition coefficient (Wildman–Crippen LogP) is 2.79. The molecule has 0 aliphatic heterocycles. The number of anilines is 2. The van der Waals surface area contributed by atoms with Crippen molar-refractivity contribution in [3.8, 4) is 0 Å². The van der Waals surface area contributed by atoms with Crippen LogP contribution in [-0.4, -0.2) is 17.7 Å². The highest BCUT2D eigenvalue weighted by Gasteiger charge is 2.26. The van der Waals surface area contributed by atoms with Crippen LogP contribution in [0.3, 0.4) is 0 Å². The molecule has 0 atom stereocenters. The van der Waals surface area contributed by atoms with Crippen molar-refractivity contribution in [1.82, 2.24) is 4.98 Å². The van der Waals surface area contributed by atoms with E-state index in [9.17, 15) is 13.2 Å². The number of nitrogens with zero attached hydrogens (tertiary/aromatic N) is 1. The maximum Gasteiger partial charge on any atom is 0.405 e. The second-order valence-corrected chi connectivity index (χ2v) is 3.57. The summed E-state index contributed by atoms with van der Waals surface area (Å²) in [6, 6.07) is 6.46. The number of hydrogen-bond donors (Lipinski definition) is 2. The third-order valence-corrected chi connectivity index (χ3v) is 2.28. The largest absolute Gasteiger partial charge is 0.405 e. The number of nitrogens with two attached hydrogens (primary N) is 1. The van der Waals surface area contributed by atoms with Gasteiger partial charge >= 0.3 is 6.18 Å².